The zero-order chi connectivity index (χ0) is 19.4. The van der Waals surface area contributed by atoms with Gasteiger partial charge in [0.05, 0.1) is 17.3 Å². The van der Waals surface area contributed by atoms with Gasteiger partial charge in [0.25, 0.3) is 0 Å². The highest BCUT2D eigenvalue weighted by Crippen LogP contribution is 2.29. The standard InChI is InChI=1S/C20H16N6O2/c1-11-3-4-17(12(2)5-11)26-19-16(9-22-26)20-24-23-18(25(20)10-21-19)13-6-14(27)8-15(28)7-13/h3-10,27-28H,1-2H3. The number of rotatable bonds is 2. The molecule has 0 bridgehead atoms. The van der Waals surface area contributed by atoms with E-state index in [1.165, 1.54) is 23.8 Å². The van der Waals surface area contributed by atoms with Gasteiger partial charge in [-0.15, -0.1) is 10.2 Å². The Bertz CT molecular complexity index is 1350. The van der Waals surface area contributed by atoms with Crippen molar-refractivity contribution in [1.29, 1.82) is 0 Å². The summed E-state index contributed by atoms with van der Waals surface area (Å²) in [6.07, 6.45) is 3.34. The lowest BCUT2D eigenvalue weighted by atomic mass is 10.1. The Hall–Kier alpha value is -3.94. The van der Waals surface area contributed by atoms with Gasteiger partial charge in [0.2, 0.25) is 0 Å². The van der Waals surface area contributed by atoms with Gasteiger partial charge in [0.1, 0.15) is 17.8 Å². The van der Waals surface area contributed by atoms with Crippen LogP contribution in [0.4, 0.5) is 0 Å². The molecule has 3 aromatic heterocycles. The van der Waals surface area contributed by atoms with E-state index in [1.54, 1.807) is 21.6 Å². The van der Waals surface area contributed by atoms with E-state index >= 15 is 0 Å². The van der Waals surface area contributed by atoms with Gasteiger partial charge in [0, 0.05) is 11.6 Å². The number of fused-ring (bicyclic) bond motifs is 3. The Labute approximate surface area is 159 Å². The van der Waals surface area contributed by atoms with E-state index in [1.807, 2.05) is 19.1 Å². The predicted molar refractivity (Wildman–Crippen MR) is 104 cm³/mol. The number of phenols is 2. The van der Waals surface area contributed by atoms with Crippen molar-refractivity contribution < 1.29 is 10.2 Å². The first-order valence-corrected chi connectivity index (χ1v) is 8.70. The van der Waals surface area contributed by atoms with Gasteiger partial charge >= 0.3 is 0 Å². The Balaban J connectivity index is 1.72. The van der Waals surface area contributed by atoms with E-state index in [-0.39, 0.29) is 11.5 Å². The van der Waals surface area contributed by atoms with Crippen molar-refractivity contribution in [2.45, 2.75) is 13.8 Å². The van der Waals surface area contributed by atoms with Gasteiger partial charge in [-0.1, -0.05) is 17.7 Å². The first-order chi connectivity index (χ1) is 13.5. The zero-order valence-corrected chi connectivity index (χ0v) is 15.2. The second-order valence-corrected chi connectivity index (χ2v) is 6.78. The molecule has 0 saturated carbocycles. The molecule has 2 N–H and O–H groups in total. The third-order valence-corrected chi connectivity index (χ3v) is 4.72. The highest BCUT2D eigenvalue weighted by atomic mass is 16.3. The highest BCUT2D eigenvalue weighted by molar-refractivity contribution is 5.90. The van der Waals surface area contributed by atoms with Crippen LogP contribution in [0.15, 0.2) is 48.9 Å². The van der Waals surface area contributed by atoms with Crippen LogP contribution in [-0.2, 0) is 0 Å². The molecular formula is C20H16N6O2. The van der Waals surface area contributed by atoms with E-state index in [4.69, 9.17) is 0 Å². The molecule has 0 aliphatic carbocycles. The van der Waals surface area contributed by atoms with Crippen molar-refractivity contribution in [3.8, 4) is 28.6 Å². The molecule has 0 aliphatic rings. The Morgan fingerprint density at radius 2 is 1.68 bits per heavy atom. The van der Waals surface area contributed by atoms with Crippen LogP contribution in [0.5, 0.6) is 11.5 Å². The molecule has 3 heterocycles. The van der Waals surface area contributed by atoms with Crippen LogP contribution < -0.4 is 0 Å². The van der Waals surface area contributed by atoms with Gasteiger partial charge in [-0.3, -0.25) is 4.40 Å². The summed E-state index contributed by atoms with van der Waals surface area (Å²) in [5, 5.41) is 33.3. The molecular weight excluding hydrogens is 356 g/mol. The lowest BCUT2D eigenvalue weighted by molar-refractivity contribution is 0.451. The number of aromatic nitrogens is 6. The first kappa shape index (κ1) is 16.2. The summed E-state index contributed by atoms with van der Waals surface area (Å²) in [5.41, 5.74) is 5.05. The van der Waals surface area contributed by atoms with E-state index in [9.17, 15) is 10.2 Å². The summed E-state index contributed by atoms with van der Waals surface area (Å²) < 4.78 is 3.50. The van der Waals surface area contributed by atoms with Crippen molar-refractivity contribution in [1.82, 2.24) is 29.4 Å². The number of aromatic hydroxyl groups is 2. The molecule has 0 aliphatic heterocycles. The van der Waals surface area contributed by atoms with E-state index in [2.05, 4.69) is 33.3 Å². The second-order valence-electron chi connectivity index (χ2n) is 6.78. The number of hydrogen-bond donors (Lipinski definition) is 2. The lowest BCUT2D eigenvalue weighted by Crippen LogP contribution is -2.01. The molecule has 0 amide bonds. The number of hydrogen-bond acceptors (Lipinski definition) is 6. The number of aryl methyl sites for hydroxylation is 2. The fourth-order valence-corrected chi connectivity index (χ4v) is 3.46. The molecule has 0 saturated heterocycles. The van der Waals surface area contributed by atoms with E-state index in [0.717, 1.165) is 16.6 Å². The molecule has 8 nitrogen and oxygen atoms in total. The monoisotopic (exact) mass is 372 g/mol. The van der Waals surface area contributed by atoms with Crippen LogP contribution in [0.25, 0.3) is 33.8 Å². The molecule has 138 valence electrons. The largest absolute Gasteiger partial charge is 0.508 e. The van der Waals surface area contributed by atoms with Crippen LogP contribution in [0.1, 0.15) is 11.1 Å². The summed E-state index contributed by atoms with van der Waals surface area (Å²) in [5.74, 6) is 0.363. The third kappa shape index (κ3) is 2.38. The molecule has 28 heavy (non-hydrogen) atoms. The van der Waals surface area contributed by atoms with Crippen molar-refractivity contribution in [2.75, 3.05) is 0 Å². The molecule has 0 spiro atoms. The van der Waals surface area contributed by atoms with Crippen LogP contribution in [-0.4, -0.2) is 39.6 Å². The molecule has 0 fully saturated rings. The van der Waals surface area contributed by atoms with Crippen molar-refractivity contribution in [2.24, 2.45) is 0 Å². The van der Waals surface area contributed by atoms with Crippen LogP contribution in [0, 0.1) is 13.8 Å². The minimum atomic E-state index is -0.0524. The van der Waals surface area contributed by atoms with Gasteiger partial charge < -0.3 is 10.2 Å². The molecule has 2 aromatic carbocycles. The maximum absolute atomic E-state index is 9.76. The fraction of sp³-hybridized carbons (Fsp3) is 0.100. The van der Waals surface area contributed by atoms with E-state index in [0.29, 0.717) is 22.7 Å². The second kappa shape index (κ2) is 5.78. The quantitative estimate of drug-likeness (QED) is 0.494. The lowest BCUT2D eigenvalue weighted by Gasteiger charge is -2.08. The van der Waals surface area contributed by atoms with Crippen molar-refractivity contribution in [3.05, 3.63) is 60.0 Å². The Morgan fingerprint density at radius 1 is 0.893 bits per heavy atom. The van der Waals surface area contributed by atoms with Crippen LogP contribution in [0.3, 0.4) is 0 Å². The summed E-state index contributed by atoms with van der Waals surface area (Å²) in [7, 11) is 0. The average molecular weight is 372 g/mol. The van der Waals surface area contributed by atoms with Gasteiger partial charge in [0.15, 0.2) is 17.1 Å². The summed E-state index contributed by atoms with van der Waals surface area (Å²) in [4.78, 5) is 4.57. The van der Waals surface area contributed by atoms with Gasteiger partial charge in [-0.2, -0.15) is 5.10 Å². The summed E-state index contributed by atoms with van der Waals surface area (Å²) >= 11 is 0. The van der Waals surface area contributed by atoms with E-state index < -0.39 is 0 Å². The van der Waals surface area contributed by atoms with Gasteiger partial charge in [-0.25, -0.2) is 9.67 Å². The molecule has 8 heteroatoms. The maximum Gasteiger partial charge on any atom is 0.175 e. The number of nitrogens with zero attached hydrogens (tertiary/aromatic N) is 6. The van der Waals surface area contributed by atoms with Gasteiger partial charge in [-0.05, 0) is 37.6 Å². The molecule has 0 radical (unpaired) electrons. The summed E-state index contributed by atoms with van der Waals surface area (Å²) in [6, 6.07) is 10.5. The van der Waals surface area contributed by atoms with Crippen LogP contribution in [0.2, 0.25) is 0 Å². The summed E-state index contributed by atoms with van der Waals surface area (Å²) in [6.45, 7) is 4.09. The maximum atomic E-state index is 9.76. The highest BCUT2D eigenvalue weighted by Gasteiger charge is 2.17. The Morgan fingerprint density at radius 3 is 2.43 bits per heavy atom. The Kier molecular flexibility index (Phi) is 3.35. The molecule has 5 rings (SSSR count). The average Bonchev–Trinajstić information content (AvgIpc) is 3.24. The third-order valence-electron chi connectivity index (χ3n) is 4.72. The minimum absolute atomic E-state index is 0.0524. The fourth-order valence-electron chi connectivity index (χ4n) is 3.46. The SMILES string of the molecule is Cc1ccc(-n2ncc3c2ncn2c(-c4cc(O)cc(O)c4)nnc32)c(C)c1. The van der Waals surface area contributed by atoms with Crippen LogP contribution >= 0.6 is 0 Å². The minimum Gasteiger partial charge on any atom is -0.508 e. The smallest absolute Gasteiger partial charge is 0.175 e. The molecule has 0 atom stereocenters. The molecule has 5 aromatic rings. The molecule has 0 unspecified atom stereocenters. The zero-order valence-electron chi connectivity index (χ0n) is 15.2. The topological polar surface area (TPSA) is 101 Å². The normalized spacial score (nSPS) is 11.5. The number of benzene rings is 2. The van der Waals surface area contributed by atoms with Crippen molar-refractivity contribution >= 4 is 16.7 Å². The predicted octanol–water partition coefficient (Wildman–Crippen LogP) is 3.16. The van der Waals surface area contributed by atoms with Crippen molar-refractivity contribution in [3.63, 3.8) is 0 Å². The first-order valence-electron chi connectivity index (χ1n) is 8.70. The number of phenolic OH excluding ortho intramolecular Hbond substituents is 2.